The van der Waals surface area contributed by atoms with Crippen LogP contribution in [0.25, 0.3) is 0 Å². The number of methoxy groups -OCH3 is 1. The first-order chi connectivity index (χ1) is 7.63. The third-order valence-electron chi connectivity index (χ3n) is 3.08. The number of carbonyl (C=O) groups is 1. The zero-order chi connectivity index (χ0) is 12.0. The molecular weight excluding hydrogens is 208 g/mol. The summed E-state index contributed by atoms with van der Waals surface area (Å²) < 4.78 is 5.13. The van der Waals surface area contributed by atoms with Crippen molar-refractivity contribution in [2.45, 2.75) is 19.4 Å². The topological polar surface area (TPSA) is 53.0 Å². The van der Waals surface area contributed by atoms with Gasteiger partial charge in [-0.3, -0.25) is 9.69 Å². The minimum Gasteiger partial charge on any atom is -0.481 e. The highest BCUT2D eigenvalue weighted by atomic mass is 16.5. The zero-order valence-electron chi connectivity index (χ0n) is 10.2. The maximum Gasteiger partial charge on any atom is 0.304 e. The number of hydrogen-bond donors (Lipinski definition) is 1. The third-order valence-corrected chi connectivity index (χ3v) is 3.08. The zero-order valence-corrected chi connectivity index (χ0v) is 10.2. The van der Waals surface area contributed by atoms with Crippen molar-refractivity contribution in [3.63, 3.8) is 0 Å². The molecule has 0 aromatic carbocycles. The van der Waals surface area contributed by atoms with Gasteiger partial charge in [-0.1, -0.05) is 0 Å². The van der Waals surface area contributed by atoms with Crippen LogP contribution in [0.4, 0.5) is 0 Å². The van der Waals surface area contributed by atoms with E-state index in [2.05, 4.69) is 16.7 Å². The van der Waals surface area contributed by atoms with E-state index >= 15 is 0 Å². The Balaban J connectivity index is 2.20. The molecule has 0 radical (unpaired) electrons. The molecule has 0 spiro atoms. The Kier molecular flexibility index (Phi) is 5.73. The molecule has 1 aliphatic heterocycles. The van der Waals surface area contributed by atoms with E-state index in [9.17, 15) is 4.79 Å². The molecule has 1 rings (SSSR count). The number of rotatable bonds is 6. The summed E-state index contributed by atoms with van der Waals surface area (Å²) in [6, 6.07) is 0.451. The van der Waals surface area contributed by atoms with Crippen LogP contribution in [0.2, 0.25) is 0 Å². The highest BCUT2D eigenvalue weighted by Gasteiger charge is 2.20. The van der Waals surface area contributed by atoms with Crippen LogP contribution in [0.15, 0.2) is 0 Å². The van der Waals surface area contributed by atoms with Gasteiger partial charge in [0, 0.05) is 45.9 Å². The molecule has 5 nitrogen and oxygen atoms in total. The first-order valence-corrected chi connectivity index (χ1v) is 5.80. The molecule has 5 heteroatoms. The molecule has 0 aromatic heterocycles. The van der Waals surface area contributed by atoms with Crippen molar-refractivity contribution >= 4 is 5.97 Å². The highest BCUT2D eigenvalue weighted by Crippen LogP contribution is 2.06. The second kappa shape index (κ2) is 6.83. The van der Waals surface area contributed by atoms with Crippen molar-refractivity contribution in [1.82, 2.24) is 9.80 Å². The molecule has 0 aromatic rings. The summed E-state index contributed by atoms with van der Waals surface area (Å²) in [4.78, 5) is 15.0. The van der Waals surface area contributed by atoms with Gasteiger partial charge in [0.15, 0.2) is 0 Å². The number of carboxylic acids is 1. The normalized spacial score (nSPS) is 20.9. The van der Waals surface area contributed by atoms with Gasteiger partial charge in [0.05, 0.1) is 13.0 Å². The van der Waals surface area contributed by atoms with Crippen LogP contribution in [0.3, 0.4) is 0 Å². The van der Waals surface area contributed by atoms with Crippen LogP contribution < -0.4 is 0 Å². The molecule has 0 aliphatic carbocycles. The van der Waals surface area contributed by atoms with Gasteiger partial charge in [0.1, 0.15) is 0 Å². The first kappa shape index (κ1) is 13.4. The van der Waals surface area contributed by atoms with E-state index in [1.165, 1.54) is 0 Å². The summed E-state index contributed by atoms with van der Waals surface area (Å²) in [5.41, 5.74) is 0. The second-order valence-corrected chi connectivity index (χ2v) is 4.33. The van der Waals surface area contributed by atoms with Crippen molar-refractivity contribution in [3.05, 3.63) is 0 Å². The van der Waals surface area contributed by atoms with Gasteiger partial charge in [0.25, 0.3) is 0 Å². The van der Waals surface area contributed by atoms with Crippen LogP contribution in [0.1, 0.15) is 13.3 Å². The van der Waals surface area contributed by atoms with Gasteiger partial charge < -0.3 is 14.7 Å². The van der Waals surface area contributed by atoms with Gasteiger partial charge in [-0.2, -0.15) is 0 Å². The number of hydrogen-bond acceptors (Lipinski definition) is 4. The monoisotopic (exact) mass is 230 g/mol. The minimum atomic E-state index is -0.713. The number of piperazine rings is 1. The lowest BCUT2D eigenvalue weighted by Gasteiger charge is -2.37. The molecule has 1 atom stereocenters. The molecule has 0 amide bonds. The quantitative estimate of drug-likeness (QED) is 0.702. The average molecular weight is 230 g/mol. The molecule has 0 saturated carbocycles. The standard InChI is InChI=1S/C11H22N2O3/c1-10(9-16-2)13-7-5-12(6-8-13)4-3-11(14)15/h10H,3-9H2,1-2H3,(H,14,15). The summed E-state index contributed by atoms with van der Waals surface area (Å²) in [5, 5.41) is 8.60. The summed E-state index contributed by atoms with van der Waals surface area (Å²) in [6.07, 6.45) is 0.244. The Bertz CT molecular complexity index is 215. The molecule has 1 saturated heterocycles. The van der Waals surface area contributed by atoms with E-state index < -0.39 is 5.97 Å². The Morgan fingerprint density at radius 3 is 2.50 bits per heavy atom. The van der Waals surface area contributed by atoms with Crippen LogP contribution in [-0.2, 0) is 9.53 Å². The van der Waals surface area contributed by atoms with Gasteiger partial charge in [0.2, 0.25) is 0 Å². The van der Waals surface area contributed by atoms with E-state index in [0.717, 1.165) is 32.8 Å². The minimum absolute atomic E-state index is 0.244. The summed E-state index contributed by atoms with van der Waals surface area (Å²) >= 11 is 0. The molecule has 94 valence electrons. The fourth-order valence-electron chi connectivity index (χ4n) is 2.03. The summed E-state index contributed by atoms with van der Waals surface area (Å²) in [7, 11) is 1.72. The maximum absolute atomic E-state index is 10.4. The second-order valence-electron chi connectivity index (χ2n) is 4.33. The Morgan fingerprint density at radius 1 is 1.38 bits per heavy atom. The predicted molar refractivity (Wildman–Crippen MR) is 61.6 cm³/mol. The Hall–Kier alpha value is -0.650. The number of nitrogens with zero attached hydrogens (tertiary/aromatic N) is 2. The molecular formula is C11H22N2O3. The molecule has 16 heavy (non-hydrogen) atoms. The lowest BCUT2D eigenvalue weighted by atomic mass is 10.2. The third kappa shape index (κ3) is 4.47. The molecule has 1 heterocycles. The number of aliphatic carboxylic acids is 1. The fraction of sp³-hybridized carbons (Fsp3) is 0.909. The van der Waals surface area contributed by atoms with Gasteiger partial charge in [-0.05, 0) is 6.92 Å². The highest BCUT2D eigenvalue weighted by molar-refractivity contribution is 5.66. The van der Waals surface area contributed by atoms with Crippen LogP contribution in [0.5, 0.6) is 0 Å². The molecule has 0 bridgehead atoms. The van der Waals surface area contributed by atoms with Crippen LogP contribution in [-0.4, -0.2) is 73.4 Å². The van der Waals surface area contributed by atoms with Crippen LogP contribution in [0, 0.1) is 0 Å². The lowest BCUT2D eigenvalue weighted by molar-refractivity contribution is -0.137. The Morgan fingerprint density at radius 2 is 2.00 bits per heavy atom. The van der Waals surface area contributed by atoms with Crippen molar-refractivity contribution < 1.29 is 14.6 Å². The Labute approximate surface area is 97.0 Å². The largest absolute Gasteiger partial charge is 0.481 e. The van der Waals surface area contributed by atoms with Crippen molar-refractivity contribution in [2.24, 2.45) is 0 Å². The van der Waals surface area contributed by atoms with E-state index in [1.54, 1.807) is 7.11 Å². The number of ether oxygens (including phenoxy) is 1. The lowest BCUT2D eigenvalue weighted by Crippen LogP contribution is -2.50. The van der Waals surface area contributed by atoms with Crippen molar-refractivity contribution in [3.8, 4) is 0 Å². The fourth-order valence-corrected chi connectivity index (χ4v) is 2.03. The van der Waals surface area contributed by atoms with Crippen molar-refractivity contribution in [2.75, 3.05) is 46.4 Å². The van der Waals surface area contributed by atoms with Crippen LogP contribution >= 0.6 is 0 Å². The van der Waals surface area contributed by atoms with Gasteiger partial charge >= 0.3 is 5.97 Å². The first-order valence-electron chi connectivity index (χ1n) is 5.80. The SMILES string of the molecule is COCC(C)N1CCN(CCC(=O)O)CC1. The molecule has 1 unspecified atom stereocenters. The summed E-state index contributed by atoms with van der Waals surface area (Å²) in [5.74, 6) is -0.713. The maximum atomic E-state index is 10.4. The average Bonchev–Trinajstić information content (AvgIpc) is 2.27. The molecule has 1 fully saturated rings. The molecule has 1 aliphatic rings. The van der Waals surface area contributed by atoms with E-state index in [4.69, 9.17) is 9.84 Å². The van der Waals surface area contributed by atoms with Gasteiger partial charge in [-0.25, -0.2) is 0 Å². The van der Waals surface area contributed by atoms with Crippen molar-refractivity contribution in [1.29, 1.82) is 0 Å². The summed E-state index contributed by atoms with van der Waals surface area (Å²) in [6.45, 7) is 7.52. The molecule has 1 N–H and O–H groups in total. The number of carboxylic acid groups (broad SMARTS) is 1. The van der Waals surface area contributed by atoms with Gasteiger partial charge in [-0.15, -0.1) is 0 Å². The van der Waals surface area contributed by atoms with E-state index in [1.807, 2.05) is 0 Å². The smallest absolute Gasteiger partial charge is 0.304 e. The van der Waals surface area contributed by atoms with E-state index in [-0.39, 0.29) is 6.42 Å². The van der Waals surface area contributed by atoms with E-state index in [0.29, 0.717) is 12.6 Å². The predicted octanol–water partition coefficient (Wildman–Crippen LogP) is 0.114.